The summed E-state index contributed by atoms with van der Waals surface area (Å²) in [6.45, 7) is 1.97. The molecule has 2 heterocycles. The molecule has 3 aromatic rings. The molecule has 0 aliphatic heterocycles. The number of hydrogen-bond acceptors (Lipinski definition) is 5. The molecule has 134 valence electrons. The maximum atomic E-state index is 12.2. The van der Waals surface area contributed by atoms with Crippen LogP contribution in [0.4, 0.5) is 0 Å². The lowest BCUT2D eigenvalue weighted by Gasteiger charge is -2.14. The quantitative estimate of drug-likeness (QED) is 0.603. The van der Waals surface area contributed by atoms with Gasteiger partial charge in [0.2, 0.25) is 5.91 Å². The number of pyridine rings is 1. The molecule has 1 unspecified atom stereocenters. The highest BCUT2D eigenvalue weighted by atomic mass is 79.9. The Morgan fingerprint density at radius 2 is 2.04 bits per heavy atom. The molecule has 1 N–H and O–H groups in total. The minimum atomic E-state index is -0.0540. The van der Waals surface area contributed by atoms with Crippen molar-refractivity contribution >= 4 is 33.6 Å². The number of rotatable bonds is 6. The number of thioether (sulfide) groups is 1. The molecule has 0 aliphatic carbocycles. The molecule has 0 radical (unpaired) electrons. The van der Waals surface area contributed by atoms with Gasteiger partial charge in [-0.05, 0) is 36.8 Å². The lowest BCUT2D eigenvalue weighted by Crippen LogP contribution is -2.28. The van der Waals surface area contributed by atoms with E-state index in [1.807, 2.05) is 54.9 Å². The Labute approximate surface area is 164 Å². The highest BCUT2D eigenvalue weighted by Crippen LogP contribution is 2.22. The number of carbonyl (C=O) groups is 1. The van der Waals surface area contributed by atoms with Gasteiger partial charge in [0.05, 0.1) is 11.8 Å². The van der Waals surface area contributed by atoms with Gasteiger partial charge in [-0.1, -0.05) is 39.8 Å². The number of aromatic nitrogens is 4. The Balaban J connectivity index is 1.58. The van der Waals surface area contributed by atoms with E-state index in [0.29, 0.717) is 5.16 Å². The number of nitrogens with zero attached hydrogens (tertiary/aromatic N) is 4. The van der Waals surface area contributed by atoms with Crippen molar-refractivity contribution in [2.45, 2.75) is 18.1 Å². The van der Waals surface area contributed by atoms with Gasteiger partial charge in [-0.3, -0.25) is 9.78 Å². The summed E-state index contributed by atoms with van der Waals surface area (Å²) >= 11 is 4.77. The van der Waals surface area contributed by atoms with Gasteiger partial charge in [0, 0.05) is 29.5 Å². The summed E-state index contributed by atoms with van der Waals surface area (Å²) in [4.78, 5) is 16.3. The van der Waals surface area contributed by atoms with Crippen molar-refractivity contribution in [2.24, 2.45) is 7.05 Å². The predicted octanol–water partition coefficient (Wildman–Crippen LogP) is 3.61. The summed E-state index contributed by atoms with van der Waals surface area (Å²) in [7, 11) is 1.88. The fourth-order valence-electron chi connectivity index (χ4n) is 2.44. The van der Waals surface area contributed by atoms with Crippen LogP contribution in [0.5, 0.6) is 0 Å². The van der Waals surface area contributed by atoms with Crippen LogP contribution in [0.2, 0.25) is 0 Å². The van der Waals surface area contributed by atoms with Gasteiger partial charge < -0.3 is 9.88 Å². The zero-order valence-electron chi connectivity index (χ0n) is 14.4. The molecule has 0 saturated heterocycles. The third kappa shape index (κ3) is 4.50. The summed E-state index contributed by atoms with van der Waals surface area (Å²) in [5, 5.41) is 12.1. The van der Waals surface area contributed by atoms with Gasteiger partial charge in [0.25, 0.3) is 0 Å². The molecule has 0 spiro atoms. The standard InChI is InChI=1S/C18H18BrN5OS/c1-12(13-5-7-15(19)8-6-13)21-16(25)11-26-18-23-22-17(24(18)2)14-4-3-9-20-10-14/h3-10,12H,11H2,1-2H3,(H,21,25). The largest absolute Gasteiger partial charge is 0.349 e. The second kappa shape index (κ2) is 8.46. The number of halogens is 1. The molecular weight excluding hydrogens is 414 g/mol. The molecule has 26 heavy (non-hydrogen) atoms. The average molecular weight is 432 g/mol. The van der Waals surface area contributed by atoms with Crippen molar-refractivity contribution in [3.8, 4) is 11.4 Å². The molecular formula is C18H18BrN5OS. The van der Waals surface area contributed by atoms with Gasteiger partial charge in [-0.25, -0.2) is 0 Å². The summed E-state index contributed by atoms with van der Waals surface area (Å²) < 4.78 is 2.88. The minimum Gasteiger partial charge on any atom is -0.349 e. The second-order valence-corrected chi connectivity index (χ2v) is 7.59. The molecule has 1 atom stereocenters. The van der Waals surface area contributed by atoms with Crippen molar-refractivity contribution in [1.29, 1.82) is 0 Å². The van der Waals surface area contributed by atoms with E-state index in [1.165, 1.54) is 11.8 Å². The Bertz CT molecular complexity index is 882. The topological polar surface area (TPSA) is 72.7 Å². The van der Waals surface area contributed by atoms with E-state index in [9.17, 15) is 4.79 Å². The SMILES string of the molecule is CC(NC(=O)CSc1nnc(-c2cccnc2)n1C)c1ccc(Br)cc1. The predicted molar refractivity (Wildman–Crippen MR) is 106 cm³/mol. The first kappa shape index (κ1) is 18.6. The maximum absolute atomic E-state index is 12.2. The van der Waals surface area contributed by atoms with Crippen molar-refractivity contribution < 1.29 is 4.79 Å². The third-order valence-electron chi connectivity index (χ3n) is 3.83. The monoisotopic (exact) mass is 431 g/mol. The molecule has 0 aliphatic rings. The second-order valence-electron chi connectivity index (χ2n) is 5.74. The molecule has 8 heteroatoms. The van der Waals surface area contributed by atoms with Gasteiger partial charge in [-0.15, -0.1) is 10.2 Å². The first-order valence-corrected chi connectivity index (χ1v) is 9.80. The van der Waals surface area contributed by atoms with E-state index in [0.717, 1.165) is 21.4 Å². The van der Waals surface area contributed by atoms with E-state index in [-0.39, 0.29) is 17.7 Å². The van der Waals surface area contributed by atoms with Gasteiger partial charge >= 0.3 is 0 Å². The van der Waals surface area contributed by atoms with Crippen molar-refractivity contribution in [3.63, 3.8) is 0 Å². The first-order valence-electron chi connectivity index (χ1n) is 8.02. The van der Waals surface area contributed by atoms with Crippen LogP contribution < -0.4 is 5.32 Å². The third-order valence-corrected chi connectivity index (χ3v) is 5.38. The fourth-order valence-corrected chi connectivity index (χ4v) is 3.42. The van der Waals surface area contributed by atoms with Crippen LogP contribution in [0.25, 0.3) is 11.4 Å². The van der Waals surface area contributed by atoms with E-state index in [4.69, 9.17) is 0 Å². The molecule has 6 nitrogen and oxygen atoms in total. The summed E-state index contributed by atoms with van der Waals surface area (Å²) in [5.41, 5.74) is 1.95. The first-order chi connectivity index (χ1) is 12.5. The van der Waals surface area contributed by atoms with Crippen LogP contribution in [0.15, 0.2) is 58.4 Å². The van der Waals surface area contributed by atoms with Crippen LogP contribution >= 0.6 is 27.7 Å². The molecule has 0 saturated carbocycles. The van der Waals surface area contributed by atoms with E-state index >= 15 is 0 Å². The maximum Gasteiger partial charge on any atom is 0.230 e. The lowest BCUT2D eigenvalue weighted by molar-refractivity contribution is -0.119. The van der Waals surface area contributed by atoms with Crippen LogP contribution in [-0.4, -0.2) is 31.4 Å². The Hall–Kier alpha value is -2.19. The zero-order chi connectivity index (χ0) is 18.5. The number of hydrogen-bond donors (Lipinski definition) is 1. The van der Waals surface area contributed by atoms with Crippen LogP contribution in [-0.2, 0) is 11.8 Å². The fraction of sp³-hybridized carbons (Fsp3) is 0.222. The average Bonchev–Trinajstić information content (AvgIpc) is 3.02. The number of nitrogens with one attached hydrogen (secondary N) is 1. The zero-order valence-corrected chi connectivity index (χ0v) is 16.8. The van der Waals surface area contributed by atoms with Crippen LogP contribution in [0.1, 0.15) is 18.5 Å². The normalized spacial score (nSPS) is 12.0. The number of amides is 1. The van der Waals surface area contributed by atoms with Gasteiger partial charge in [0.15, 0.2) is 11.0 Å². The molecule has 0 bridgehead atoms. The summed E-state index contributed by atoms with van der Waals surface area (Å²) in [6, 6.07) is 11.6. The molecule has 3 rings (SSSR count). The van der Waals surface area contributed by atoms with Gasteiger partial charge in [-0.2, -0.15) is 0 Å². The highest BCUT2D eigenvalue weighted by molar-refractivity contribution is 9.10. The van der Waals surface area contributed by atoms with E-state index in [1.54, 1.807) is 12.4 Å². The molecule has 1 aromatic carbocycles. The lowest BCUT2D eigenvalue weighted by atomic mass is 10.1. The number of carbonyl (C=O) groups excluding carboxylic acids is 1. The minimum absolute atomic E-state index is 0.0450. The molecule has 1 amide bonds. The summed E-state index contributed by atoms with van der Waals surface area (Å²) in [6.07, 6.45) is 3.46. The van der Waals surface area contributed by atoms with Crippen LogP contribution in [0, 0.1) is 0 Å². The van der Waals surface area contributed by atoms with Crippen molar-refractivity contribution in [1.82, 2.24) is 25.1 Å². The Kier molecular flexibility index (Phi) is 6.05. The molecule has 0 fully saturated rings. The number of benzene rings is 1. The smallest absolute Gasteiger partial charge is 0.230 e. The van der Waals surface area contributed by atoms with Gasteiger partial charge in [0.1, 0.15) is 0 Å². The van der Waals surface area contributed by atoms with Crippen LogP contribution in [0.3, 0.4) is 0 Å². The highest BCUT2D eigenvalue weighted by Gasteiger charge is 2.14. The molecule has 2 aromatic heterocycles. The van der Waals surface area contributed by atoms with Crippen molar-refractivity contribution in [2.75, 3.05) is 5.75 Å². The Morgan fingerprint density at radius 3 is 2.73 bits per heavy atom. The summed E-state index contributed by atoms with van der Waals surface area (Å²) in [5.74, 6) is 0.959. The van der Waals surface area contributed by atoms with Crippen molar-refractivity contribution in [3.05, 3.63) is 58.8 Å². The van der Waals surface area contributed by atoms with E-state index < -0.39 is 0 Å². The van der Waals surface area contributed by atoms with E-state index in [2.05, 4.69) is 36.4 Å². The Morgan fingerprint density at radius 1 is 1.27 bits per heavy atom.